The predicted octanol–water partition coefficient (Wildman–Crippen LogP) is 10.2. The molecule has 0 bridgehead atoms. The van der Waals surface area contributed by atoms with E-state index in [1.807, 2.05) is 91.0 Å². The molecule has 5 rings (SSSR count). The minimum atomic E-state index is -0.955. The molecule has 0 aromatic heterocycles. The first-order chi connectivity index (χ1) is 17.2. The van der Waals surface area contributed by atoms with E-state index in [4.69, 9.17) is 0 Å². The summed E-state index contributed by atoms with van der Waals surface area (Å²) in [6.07, 6.45) is 9.17. The Morgan fingerprint density at radius 2 is 1.05 bits per heavy atom. The van der Waals surface area contributed by atoms with Crippen molar-refractivity contribution in [3.05, 3.63) is 151 Å². The number of allylic oxidation sites excluding steroid dienone is 4. The molecule has 192 valence electrons. The van der Waals surface area contributed by atoms with Crippen LogP contribution >= 0.6 is 0 Å². The standard InChI is InChI=1S/C14H23Si.3C7H7.Ti/c1-11-13(10-15(2,3)4)9-12-7-5-6-8-14(11)12;3*1-7-5-3-2-4-6-7;/h11H,5-8,10H2,1-4H3;3*2-6H,1H2;/q4*-1;+4. The van der Waals surface area contributed by atoms with Crippen LogP contribution in [0.5, 0.6) is 0 Å². The molecule has 0 nitrogen and oxygen atoms in total. The number of rotatable bonds is 2. The summed E-state index contributed by atoms with van der Waals surface area (Å²) < 4.78 is 0. The van der Waals surface area contributed by atoms with Gasteiger partial charge in [-0.15, -0.1) is 36.4 Å². The molecule has 0 fully saturated rings. The van der Waals surface area contributed by atoms with E-state index >= 15 is 0 Å². The van der Waals surface area contributed by atoms with E-state index in [-0.39, 0.29) is 21.7 Å². The molecule has 37 heavy (non-hydrogen) atoms. The maximum Gasteiger partial charge on any atom is 4.00 e. The summed E-state index contributed by atoms with van der Waals surface area (Å²) in [5, 5.41) is 0. The minimum Gasteiger partial charge on any atom is -0.249 e. The van der Waals surface area contributed by atoms with Crippen molar-refractivity contribution in [1.82, 2.24) is 0 Å². The van der Waals surface area contributed by atoms with E-state index in [2.05, 4.69) is 53.4 Å². The van der Waals surface area contributed by atoms with Crippen LogP contribution in [0.3, 0.4) is 0 Å². The number of benzene rings is 3. The zero-order valence-electron chi connectivity index (χ0n) is 23.4. The molecule has 2 heteroatoms. The summed E-state index contributed by atoms with van der Waals surface area (Å²) in [4.78, 5) is 0. The van der Waals surface area contributed by atoms with Gasteiger partial charge in [-0.3, -0.25) is 0 Å². The quantitative estimate of drug-likeness (QED) is 0.224. The average Bonchev–Trinajstić information content (AvgIpc) is 3.16. The molecular weight excluding hydrogens is 496 g/mol. The van der Waals surface area contributed by atoms with Crippen LogP contribution in [0.4, 0.5) is 0 Å². The van der Waals surface area contributed by atoms with Gasteiger partial charge in [0.25, 0.3) is 0 Å². The van der Waals surface area contributed by atoms with E-state index < -0.39 is 8.07 Å². The Morgan fingerprint density at radius 1 is 0.676 bits per heavy atom. The van der Waals surface area contributed by atoms with Crippen molar-refractivity contribution >= 4 is 8.07 Å². The molecule has 0 saturated carbocycles. The molecule has 0 heterocycles. The Labute approximate surface area is 244 Å². The number of hydrogen-bond donors (Lipinski definition) is 0. The van der Waals surface area contributed by atoms with Gasteiger partial charge in [0.2, 0.25) is 0 Å². The van der Waals surface area contributed by atoms with Crippen molar-refractivity contribution in [1.29, 1.82) is 0 Å². The molecule has 0 radical (unpaired) electrons. The molecule has 0 saturated heterocycles. The Balaban J connectivity index is 0.000000264. The van der Waals surface area contributed by atoms with Gasteiger partial charge in [-0.2, -0.15) is 79.4 Å². The van der Waals surface area contributed by atoms with Crippen LogP contribution in [0.25, 0.3) is 0 Å². The minimum absolute atomic E-state index is 0. The zero-order valence-corrected chi connectivity index (χ0v) is 26.0. The number of hydrogen-bond acceptors (Lipinski definition) is 0. The van der Waals surface area contributed by atoms with Crippen LogP contribution in [0.15, 0.2) is 108 Å². The molecule has 0 N–H and O–H groups in total. The van der Waals surface area contributed by atoms with Gasteiger partial charge in [0.1, 0.15) is 0 Å². The monoisotopic (exact) mass is 540 g/mol. The SMILES string of the molecule is CC1C(C[Si](C)(C)C)=[C-]C2=C1CCCC2.[CH2-]c1ccccc1.[CH2-]c1ccccc1.[CH2-]c1ccccc1.[Ti+4]. The third kappa shape index (κ3) is 13.7. The van der Waals surface area contributed by atoms with Crippen molar-refractivity contribution in [2.24, 2.45) is 5.92 Å². The molecule has 0 spiro atoms. The first kappa shape index (κ1) is 32.7. The summed E-state index contributed by atoms with van der Waals surface area (Å²) in [5.41, 5.74) is 8.16. The Morgan fingerprint density at radius 3 is 1.35 bits per heavy atom. The van der Waals surface area contributed by atoms with Gasteiger partial charge in [-0.25, -0.2) is 17.2 Å². The topological polar surface area (TPSA) is 0 Å². The fraction of sp³-hybridized carbons (Fsp3) is 0.286. The van der Waals surface area contributed by atoms with Crippen molar-refractivity contribution in [3.8, 4) is 0 Å². The van der Waals surface area contributed by atoms with Crippen LogP contribution in [0.1, 0.15) is 49.3 Å². The van der Waals surface area contributed by atoms with Crippen LogP contribution < -0.4 is 0 Å². The van der Waals surface area contributed by atoms with Crippen LogP contribution in [0, 0.1) is 32.8 Å². The molecule has 3 aromatic rings. The normalized spacial score (nSPS) is 15.7. The summed E-state index contributed by atoms with van der Waals surface area (Å²) >= 11 is 0. The van der Waals surface area contributed by atoms with Crippen LogP contribution in [0.2, 0.25) is 25.7 Å². The first-order valence-electron chi connectivity index (χ1n) is 13.1. The fourth-order valence-electron chi connectivity index (χ4n) is 4.26. The first-order valence-corrected chi connectivity index (χ1v) is 16.8. The van der Waals surface area contributed by atoms with Crippen LogP contribution in [-0.2, 0) is 21.7 Å². The third-order valence-corrected chi connectivity index (χ3v) is 7.56. The summed E-state index contributed by atoms with van der Waals surface area (Å²) in [6.45, 7) is 21.0. The second-order valence-corrected chi connectivity index (χ2v) is 16.3. The van der Waals surface area contributed by atoms with Crippen LogP contribution in [-0.4, -0.2) is 8.07 Å². The van der Waals surface area contributed by atoms with Gasteiger partial charge in [0, 0.05) is 8.07 Å². The largest absolute Gasteiger partial charge is 4.00 e. The van der Waals surface area contributed by atoms with Gasteiger partial charge in [0.05, 0.1) is 0 Å². The van der Waals surface area contributed by atoms with Crippen molar-refractivity contribution < 1.29 is 21.7 Å². The second kappa shape index (κ2) is 17.2. The van der Waals surface area contributed by atoms with Gasteiger partial charge in [-0.1, -0.05) is 82.4 Å². The Kier molecular flexibility index (Phi) is 15.2. The maximum absolute atomic E-state index is 3.73. The van der Waals surface area contributed by atoms with E-state index in [9.17, 15) is 0 Å². The van der Waals surface area contributed by atoms with E-state index in [1.165, 1.54) is 31.7 Å². The van der Waals surface area contributed by atoms with Crippen molar-refractivity contribution in [3.63, 3.8) is 0 Å². The van der Waals surface area contributed by atoms with Crippen molar-refractivity contribution in [2.75, 3.05) is 0 Å². The summed E-state index contributed by atoms with van der Waals surface area (Å²) in [6, 6.07) is 31.0. The summed E-state index contributed by atoms with van der Waals surface area (Å²) in [7, 11) is -0.955. The Hall–Kier alpha value is -2.32. The molecule has 1 unspecified atom stereocenters. The smallest absolute Gasteiger partial charge is 0.249 e. The molecular formula is C35H44SiTi. The summed E-state index contributed by atoms with van der Waals surface area (Å²) in [5.74, 6) is 0.729. The molecule has 3 aromatic carbocycles. The Bertz CT molecular complexity index is 971. The fourth-order valence-corrected chi connectivity index (χ4v) is 5.80. The second-order valence-electron chi connectivity index (χ2n) is 10.8. The van der Waals surface area contributed by atoms with Gasteiger partial charge in [0.15, 0.2) is 0 Å². The van der Waals surface area contributed by atoms with E-state index in [0.29, 0.717) is 0 Å². The van der Waals surface area contributed by atoms with Crippen molar-refractivity contribution in [2.45, 2.75) is 58.3 Å². The van der Waals surface area contributed by atoms with E-state index in [0.717, 1.165) is 22.6 Å². The van der Waals surface area contributed by atoms with Gasteiger partial charge >= 0.3 is 21.7 Å². The molecule has 1 atom stereocenters. The molecule has 2 aliphatic carbocycles. The molecule has 2 aliphatic rings. The molecule has 0 aliphatic heterocycles. The predicted molar refractivity (Wildman–Crippen MR) is 162 cm³/mol. The van der Waals surface area contributed by atoms with Gasteiger partial charge in [-0.05, 0) is 0 Å². The average molecular weight is 541 g/mol. The zero-order chi connectivity index (χ0) is 26.4. The van der Waals surface area contributed by atoms with Gasteiger partial charge < -0.3 is 0 Å². The molecule has 0 amide bonds. The third-order valence-electron chi connectivity index (χ3n) is 6.12. The maximum atomic E-state index is 3.73. The van der Waals surface area contributed by atoms with E-state index in [1.54, 1.807) is 16.7 Å².